The van der Waals surface area contributed by atoms with E-state index in [1.54, 1.807) is 12.0 Å². The number of piperazine rings is 1. The van der Waals surface area contributed by atoms with Crippen LogP contribution in [0.5, 0.6) is 0 Å². The molecule has 0 saturated carbocycles. The molecule has 0 aromatic carbocycles. The van der Waals surface area contributed by atoms with Gasteiger partial charge in [-0.25, -0.2) is 0 Å². The molecule has 0 aromatic rings. The zero-order chi connectivity index (χ0) is 12.1. The molecule has 0 aromatic heterocycles. The van der Waals surface area contributed by atoms with Gasteiger partial charge < -0.3 is 15.0 Å². The van der Waals surface area contributed by atoms with E-state index in [1.807, 2.05) is 13.8 Å². The molecule has 0 bridgehead atoms. The molecule has 1 rings (SSSR count). The summed E-state index contributed by atoms with van der Waals surface area (Å²) < 4.78 is 5.00. The molecule has 1 aliphatic heterocycles. The Kier molecular flexibility index (Phi) is 4.73. The molecule has 1 fully saturated rings. The van der Waals surface area contributed by atoms with E-state index in [9.17, 15) is 9.59 Å². The Morgan fingerprint density at radius 2 is 2.25 bits per heavy atom. The molecule has 2 amide bonds. The van der Waals surface area contributed by atoms with Gasteiger partial charge in [-0.05, 0) is 19.8 Å². The minimum absolute atomic E-state index is 0.00458. The first kappa shape index (κ1) is 13.0. The Hall–Kier alpha value is -1.10. The maximum absolute atomic E-state index is 11.8. The van der Waals surface area contributed by atoms with Crippen LogP contribution in [0.2, 0.25) is 0 Å². The van der Waals surface area contributed by atoms with Crippen molar-refractivity contribution in [3.8, 4) is 0 Å². The molecule has 0 spiro atoms. The molecule has 16 heavy (non-hydrogen) atoms. The van der Waals surface area contributed by atoms with Gasteiger partial charge in [0.1, 0.15) is 6.04 Å². The fourth-order valence-corrected chi connectivity index (χ4v) is 2.03. The normalized spacial score (nSPS) is 23.2. The number of hydrogen-bond acceptors (Lipinski definition) is 3. The van der Waals surface area contributed by atoms with Gasteiger partial charge in [-0.3, -0.25) is 9.59 Å². The van der Waals surface area contributed by atoms with Crippen molar-refractivity contribution in [1.29, 1.82) is 0 Å². The van der Waals surface area contributed by atoms with E-state index in [-0.39, 0.29) is 30.4 Å². The Morgan fingerprint density at radius 3 is 2.81 bits per heavy atom. The van der Waals surface area contributed by atoms with Crippen LogP contribution in [0.1, 0.15) is 26.7 Å². The van der Waals surface area contributed by atoms with Crippen LogP contribution in [-0.4, -0.2) is 49.1 Å². The number of nitrogens with zero attached hydrogens (tertiary/aromatic N) is 1. The lowest BCUT2D eigenvalue weighted by Gasteiger charge is -2.38. The summed E-state index contributed by atoms with van der Waals surface area (Å²) >= 11 is 0. The fraction of sp³-hybridized carbons (Fsp3) is 0.818. The monoisotopic (exact) mass is 228 g/mol. The van der Waals surface area contributed by atoms with Crippen LogP contribution in [0.3, 0.4) is 0 Å². The van der Waals surface area contributed by atoms with Crippen LogP contribution in [0.25, 0.3) is 0 Å². The van der Waals surface area contributed by atoms with Crippen LogP contribution in [-0.2, 0) is 14.3 Å². The van der Waals surface area contributed by atoms with Crippen molar-refractivity contribution in [3.05, 3.63) is 0 Å². The van der Waals surface area contributed by atoms with Crippen LogP contribution in [0.4, 0.5) is 0 Å². The average Bonchev–Trinajstić information content (AvgIpc) is 2.28. The summed E-state index contributed by atoms with van der Waals surface area (Å²) in [7, 11) is 1.63. The van der Waals surface area contributed by atoms with Crippen molar-refractivity contribution >= 4 is 11.8 Å². The molecule has 5 nitrogen and oxygen atoms in total. The van der Waals surface area contributed by atoms with Gasteiger partial charge in [0.25, 0.3) is 0 Å². The highest BCUT2D eigenvalue weighted by molar-refractivity contribution is 5.94. The van der Waals surface area contributed by atoms with E-state index in [0.717, 1.165) is 6.42 Å². The van der Waals surface area contributed by atoms with Crippen LogP contribution in [0, 0.1) is 0 Å². The Balaban J connectivity index is 2.71. The number of methoxy groups -OCH3 is 1. The third kappa shape index (κ3) is 2.72. The zero-order valence-electron chi connectivity index (χ0n) is 10.2. The van der Waals surface area contributed by atoms with E-state index in [4.69, 9.17) is 4.74 Å². The molecule has 2 atom stereocenters. The minimum atomic E-state index is -0.326. The van der Waals surface area contributed by atoms with Gasteiger partial charge in [0.05, 0.1) is 6.54 Å². The van der Waals surface area contributed by atoms with Gasteiger partial charge >= 0.3 is 0 Å². The van der Waals surface area contributed by atoms with Crippen LogP contribution >= 0.6 is 0 Å². The van der Waals surface area contributed by atoms with Gasteiger partial charge in [-0.15, -0.1) is 0 Å². The lowest BCUT2D eigenvalue weighted by atomic mass is 10.1. The summed E-state index contributed by atoms with van der Waals surface area (Å²) in [6.07, 6.45) is 1.40. The molecule has 0 aliphatic carbocycles. The average molecular weight is 228 g/mol. The molecule has 5 heteroatoms. The van der Waals surface area contributed by atoms with Gasteiger partial charge in [-0.2, -0.15) is 0 Å². The van der Waals surface area contributed by atoms with Gasteiger partial charge in [0.15, 0.2) is 0 Å². The second-order valence-corrected chi connectivity index (χ2v) is 4.07. The Labute approximate surface area is 96.1 Å². The standard InChI is InChI=1S/C11H20N2O3/c1-4-9-11(15)12-7-10(14)13(9)8(2)5-6-16-3/h8-9H,4-7H2,1-3H3,(H,12,15). The van der Waals surface area contributed by atoms with Crippen LogP contribution < -0.4 is 5.32 Å². The molecule has 1 N–H and O–H groups in total. The third-order valence-electron chi connectivity index (χ3n) is 2.94. The highest BCUT2D eigenvalue weighted by atomic mass is 16.5. The van der Waals surface area contributed by atoms with E-state index in [1.165, 1.54) is 0 Å². The summed E-state index contributed by atoms with van der Waals surface area (Å²) in [5, 5.41) is 2.61. The van der Waals surface area contributed by atoms with Gasteiger partial charge in [0, 0.05) is 19.8 Å². The van der Waals surface area contributed by atoms with E-state index < -0.39 is 0 Å². The summed E-state index contributed by atoms with van der Waals surface area (Å²) in [6, 6.07) is -0.281. The number of ether oxygens (including phenoxy) is 1. The Morgan fingerprint density at radius 1 is 1.56 bits per heavy atom. The van der Waals surface area contributed by atoms with Crippen molar-refractivity contribution in [1.82, 2.24) is 10.2 Å². The summed E-state index contributed by atoms with van der Waals surface area (Å²) in [5.41, 5.74) is 0. The molecule has 2 unspecified atom stereocenters. The Bertz CT molecular complexity index is 268. The summed E-state index contributed by atoms with van der Waals surface area (Å²) in [4.78, 5) is 25.1. The third-order valence-corrected chi connectivity index (χ3v) is 2.94. The van der Waals surface area contributed by atoms with E-state index >= 15 is 0 Å². The lowest BCUT2D eigenvalue weighted by Crippen LogP contribution is -2.60. The summed E-state index contributed by atoms with van der Waals surface area (Å²) in [6.45, 7) is 4.59. The second-order valence-electron chi connectivity index (χ2n) is 4.07. The molecular formula is C11H20N2O3. The first-order valence-electron chi connectivity index (χ1n) is 5.69. The maximum atomic E-state index is 11.8. The molecule has 0 radical (unpaired) electrons. The van der Waals surface area contributed by atoms with Crippen molar-refractivity contribution in [2.75, 3.05) is 20.3 Å². The van der Waals surface area contributed by atoms with Crippen molar-refractivity contribution in [3.63, 3.8) is 0 Å². The maximum Gasteiger partial charge on any atom is 0.243 e. The van der Waals surface area contributed by atoms with E-state index in [0.29, 0.717) is 13.0 Å². The zero-order valence-corrected chi connectivity index (χ0v) is 10.2. The quantitative estimate of drug-likeness (QED) is 0.728. The van der Waals surface area contributed by atoms with Crippen molar-refractivity contribution < 1.29 is 14.3 Å². The number of nitrogens with one attached hydrogen (secondary N) is 1. The SMILES string of the molecule is CCC1C(=O)NCC(=O)N1C(C)CCOC. The number of carbonyl (C=O) groups excluding carboxylic acids is 2. The second kappa shape index (κ2) is 5.84. The topological polar surface area (TPSA) is 58.6 Å². The minimum Gasteiger partial charge on any atom is -0.385 e. The molecule has 1 saturated heterocycles. The largest absolute Gasteiger partial charge is 0.385 e. The summed E-state index contributed by atoms with van der Waals surface area (Å²) in [5.74, 6) is -0.0542. The highest BCUT2D eigenvalue weighted by Crippen LogP contribution is 2.15. The van der Waals surface area contributed by atoms with Crippen molar-refractivity contribution in [2.45, 2.75) is 38.8 Å². The number of amides is 2. The number of rotatable bonds is 5. The predicted octanol–water partition coefficient (Wildman–Crippen LogP) is 0.148. The number of carbonyl (C=O) groups is 2. The van der Waals surface area contributed by atoms with Crippen molar-refractivity contribution in [2.24, 2.45) is 0 Å². The number of hydrogen-bond donors (Lipinski definition) is 1. The van der Waals surface area contributed by atoms with Crippen LogP contribution in [0.15, 0.2) is 0 Å². The van der Waals surface area contributed by atoms with Gasteiger partial charge in [0.2, 0.25) is 11.8 Å². The fourth-order valence-electron chi connectivity index (χ4n) is 2.03. The molecule has 1 aliphatic rings. The molecule has 92 valence electrons. The first-order valence-corrected chi connectivity index (χ1v) is 5.69. The van der Waals surface area contributed by atoms with E-state index in [2.05, 4.69) is 5.32 Å². The molecular weight excluding hydrogens is 208 g/mol. The lowest BCUT2D eigenvalue weighted by molar-refractivity contribution is -0.148. The highest BCUT2D eigenvalue weighted by Gasteiger charge is 2.35. The predicted molar refractivity (Wildman–Crippen MR) is 59.9 cm³/mol. The molecule has 1 heterocycles. The van der Waals surface area contributed by atoms with Gasteiger partial charge in [-0.1, -0.05) is 6.92 Å². The first-order chi connectivity index (χ1) is 7.61. The smallest absolute Gasteiger partial charge is 0.243 e.